The van der Waals surface area contributed by atoms with Gasteiger partial charge in [-0.3, -0.25) is 0 Å². The molecule has 0 aliphatic heterocycles. The molecule has 2 rings (SSSR count). The largest absolute Gasteiger partial charge is 0.478 e. The van der Waals surface area contributed by atoms with E-state index in [9.17, 15) is 4.79 Å². The van der Waals surface area contributed by atoms with Crippen molar-refractivity contribution in [1.29, 1.82) is 5.26 Å². The second-order valence-electron chi connectivity index (χ2n) is 4.10. The van der Waals surface area contributed by atoms with Crippen LogP contribution in [0.2, 0.25) is 5.02 Å². The fourth-order valence-corrected chi connectivity index (χ4v) is 1.85. The molecule has 0 radical (unpaired) electrons. The molecule has 104 valence electrons. The molecule has 2 aromatic rings. The van der Waals surface area contributed by atoms with Gasteiger partial charge < -0.3 is 9.84 Å². The molecule has 4 nitrogen and oxygen atoms in total. The van der Waals surface area contributed by atoms with Crippen molar-refractivity contribution >= 4 is 23.6 Å². The van der Waals surface area contributed by atoms with Crippen LogP contribution in [0, 0.1) is 11.3 Å². The monoisotopic (exact) mass is 299 g/mol. The lowest BCUT2D eigenvalue weighted by molar-refractivity contribution is -0.131. The molecule has 0 unspecified atom stereocenters. The van der Waals surface area contributed by atoms with Gasteiger partial charge >= 0.3 is 5.97 Å². The first-order valence-electron chi connectivity index (χ1n) is 5.97. The molecule has 0 fully saturated rings. The van der Waals surface area contributed by atoms with Crippen LogP contribution < -0.4 is 4.74 Å². The summed E-state index contributed by atoms with van der Waals surface area (Å²) in [6.45, 7) is 0. The highest BCUT2D eigenvalue weighted by Gasteiger charge is 2.04. The molecule has 5 heteroatoms. The summed E-state index contributed by atoms with van der Waals surface area (Å²) in [5.74, 6) is -0.0937. The van der Waals surface area contributed by atoms with Crippen molar-refractivity contribution in [1.82, 2.24) is 0 Å². The number of benzene rings is 2. The average Bonchev–Trinajstić information content (AvgIpc) is 2.48. The van der Waals surface area contributed by atoms with Gasteiger partial charge in [-0.1, -0.05) is 23.7 Å². The lowest BCUT2D eigenvalue weighted by Gasteiger charge is -2.08. The Kier molecular flexibility index (Phi) is 4.60. The van der Waals surface area contributed by atoms with Gasteiger partial charge in [-0.2, -0.15) is 5.26 Å². The molecular formula is C16H10ClNO3. The van der Waals surface area contributed by atoms with Gasteiger partial charge in [0.25, 0.3) is 0 Å². The number of rotatable bonds is 4. The van der Waals surface area contributed by atoms with E-state index in [2.05, 4.69) is 0 Å². The molecule has 0 saturated heterocycles. The van der Waals surface area contributed by atoms with Crippen LogP contribution in [0.25, 0.3) is 6.08 Å². The van der Waals surface area contributed by atoms with Crippen LogP contribution in [-0.4, -0.2) is 11.1 Å². The minimum Gasteiger partial charge on any atom is -0.478 e. The average molecular weight is 300 g/mol. The first-order chi connectivity index (χ1) is 10.1. The van der Waals surface area contributed by atoms with Gasteiger partial charge in [-0.15, -0.1) is 0 Å². The van der Waals surface area contributed by atoms with Gasteiger partial charge in [0, 0.05) is 6.08 Å². The third-order valence-corrected chi connectivity index (χ3v) is 2.86. The van der Waals surface area contributed by atoms with Crippen molar-refractivity contribution in [2.75, 3.05) is 0 Å². The van der Waals surface area contributed by atoms with Crippen LogP contribution in [0.5, 0.6) is 11.5 Å². The quantitative estimate of drug-likeness (QED) is 0.863. The fourth-order valence-electron chi connectivity index (χ4n) is 1.63. The summed E-state index contributed by atoms with van der Waals surface area (Å²) < 4.78 is 5.61. The Balaban J connectivity index is 2.21. The van der Waals surface area contributed by atoms with Crippen LogP contribution in [0.1, 0.15) is 11.1 Å². The van der Waals surface area contributed by atoms with Crippen molar-refractivity contribution in [3.8, 4) is 17.6 Å². The maximum absolute atomic E-state index is 10.5. The van der Waals surface area contributed by atoms with E-state index in [1.807, 2.05) is 6.07 Å². The van der Waals surface area contributed by atoms with E-state index in [0.29, 0.717) is 27.6 Å². The van der Waals surface area contributed by atoms with Crippen molar-refractivity contribution in [3.05, 3.63) is 64.7 Å². The fraction of sp³-hybridized carbons (Fsp3) is 0. The topological polar surface area (TPSA) is 70.3 Å². The maximum Gasteiger partial charge on any atom is 0.328 e. The van der Waals surface area contributed by atoms with Crippen LogP contribution in [0.15, 0.2) is 48.5 Å². The van der Waals surface area contributed by atoms with E-state index < -0.39 is 5.97 Å². The highest BCUT2D eigenvalue weighted by atomic mass is 35.5. The van der Waals surface area contributed by atoms with Gasteiger partial charge in [0.2, 0.25) is 0 Å². The molecule has 0 heterocycles. The van der Waals surface area contributed by atoms with E-state index in [0.717, 1.165) is 6.08 Å². The van der Waals surface area contributed by atoms with Gasteiger partial charge in [-0.25, -0.2) is 4.79 Å². The van der Waals surface area contributed by atoms with Crippen molar-refractivity contribution in [2.24, 2.45) is 0 Å². The number of halogens is 1. The van der Waals surface area contributed by atoms with E-state index >= 15 is 0 Å². The molecule has 0 aliphatic carbocycles. The summed E-state index contributed by atoms with van der Waals surface area (Å²) in [6.07, 6.45) is 2.47. The third kappa shape index (κ3) is 4.10. The van der Waals surface area contributed by atoms with Gasteiger partial charge in [0.15, 0.2) is 0 Å². The summed E-state index contributed by atoms with van der Waals surface area (Å²) in [6, 6.07) is 13.7. The molecule has 0 aromatic heterocycles. The zero-order valence-corrected chi connectivity index (χ0v) is 11.5. The van der Waals surface area contributed by atoms with Gasteiger partial charge in [0.05, 0.1) is 16.7 Å². The number of nitrogens with zero attached hydrogens (tertiary/aromatic N) is 1. The SMILES string of the molecule is N#Cc1cccc(Oc2ccc(/C=C/C(=O)O)cc2Cl)c1. The highest BCUT2D eigenvalue weighted by Crippen LogP contribution is 2.30. The smallest absolute Gasteiger partial charge is 0.328 e. The normalized spacial score (nSPS) is 10.3. The number of carboxylic acid groups (broad SMARTS) is 1. The Hall–Kier alpha value is -2.77. The molecule has 0 spiro atoms. The summed E-state index contributed by atoms with van der Waals surface area (Å²) >= 11 is 6.10. The molecule has 0 aliphatic rings. The van der Waals surface area contributed by atoms with Crippen LogP contribution in [-0.2, 0) is 4.79 Å². The maximum atomic E-state index is 10.5. The summed E-state index contributed by atoms with van der Waals surface area (Å²) in [5, 5.41) is 17.8. The molecule has 0 saturated carbocycles. The third-order valence-electron chi connectivity index (χ3n) is 2.57. The van der Waals surface area contributed by atoms with E-state index in [-0.39, 0.29) is 0 Å². The Bertz CT molecular complexity index is 747. The Morgan fingerprint density at radius 2 is 2.10 bits per heavy atom. The van der Waals surface area contributed by atoms with Crippen LogP contribution >= 0.6 is 11.6 Å². The molecule has 1 N–H and O–H groups in total. The first kappa shape index (κ1) is 14.6. The van der Waals surface area contributed by atoms with Crippen LogP contribution in [0.4, 0.5) is 0 Å². The Labute approximate surface area is 126 Å². The van der Waals surface area contributed by atoms with Gasteiger partial charge in [0.1, 0.15) is 11.5 Å². The van der Waals surface area contributed by atoms with E-state index in [4.69, 9.17) is 26.7 Å². The standard InChI is InChI=1S/C16H10ClNO3/c17-14-9-11(5-7-16(19)20)4-6-15(14)21-13-3-1-2-12(8-13)10-18/h1-9H,(H,19,20)/b7-5+. The predicted octanol–water partition coefficient (Wildman–Crippen LogP) is 4.10. The van der Waals surface area contributed by atoms with Crippen LogP contribution in [0.3, 0.4) is 0 Å². The summed E-state index contributed by atoms with van der Waals surface area (Å²) in [5.41, 5.74) is 1.14. The van der Waals surface area contributed by atoms with E-state index in [1.165, 1.54) is 6.08 Å². The van der Waals surface area contributed by atoms with Crippen molar-refractivity contribution < 1.29 is 14.6 Å². The first-order valence-corrected chi connectivity index (χ1v) is 6.35. The Morgan fingerprint density at radius 3 is 2.76 bits per heavy atom. The van der Waals surface area contributed by atoms with Crippen molar-refractivity contribution in [3.63, 3.8) is 0 Å². The molecule has 0 bridgehead atoms. The molecular weight excluding hydrogens is 290 g/mol. The summed E-state index contributed by atoms with van der Waals surface area (Å²) in [4.78, 5) is 10.5. The molecule has 0 amide bonds. The van der Waals surface area contributed by atoms with Crippen molar-refractivity contribution in [2.45, 2.75) is 0 Å². The predicted molar refractivity (Wildman–Crippen MR) is 79.4 cm³/mol. The second-order valence-corrected chi connectivity index (χ2v) is 4.51. The van der Waals surface area contributed by atoms with E-state index in [1.54, 1.807) is 42.5 Å². The number of hydrogen-bond donors (Lipinski definition) is 1. The molecule has 0 atom stereocenters. The Morgan fingerprint density at radius 1 is 1.29 bits per heavy atom. The van der Waals surface area contributed by atoms with Gasteiger partial charge in [-0.05, 0) is 42.0 Å². The number of hydrogen-bond acceptors (Lipinski definition) is 3. The number of carboxylic acids is 1. The number of nitriles is 1. The zero-order chi connectivity index (χ0) is 15.2. The summed E-state index contributed by atoms with van der Waals surface area (Å²) in [7, 11) is 0. The zero-order valence-electron chi connectivity index (χ0n) is 10.8. The lowest BCUT2D eigenvalue weighted by atomic mass is 10.2. The number of aliphatic carboxylic acids is 1. The number of carbonyl (C=O) groups is 1. The molecule has 21 heavy (non-hydrogen) atoms. The minimum absolute atomic E-state index is 0.352. The highest BCUT2D eigenvalue weighted by molar-refractivity contribution is 6.32. The lowest BCUT2D eigenvalue weighted by Crippen LogP contribution is -1.88. The second kappa shape index (κ2) is 6.60. The molecule has 2 aromatic carbocycles. The number of ether oxygens (including phenoxy) is 1. The minimum atomic E-state index is -1.03.